The first-order chi connectivity index (χ1) is 10.9. The molecule has 0 bridgehead atoms. The van der Waals surface area contributed by atoms with Crippen LogP contribution in [0.25, 0.3) is 0 Å². The van der Waals surface area contributed by atoms with E-state index in [0.717, 1.165) is 17.7 Å². The van der Waals surface area contributed by atoms with E-state index in [1.165, 1.54) is 0 Å². The summed E-state index contributed by atoms with van der Waals surface area (Å²) in [6.07, 6.45) is 1.99. The number of carbonyl (C=O) groups is 2. The van der Waals surface area contributed by atoms with E-state index in [-0.39, 0.29) is 12.5 Å². The van der Waals surface area contributed by atoms with Gasteiger partial charge in [0.05, 0.1) is 13.2 Å². The maximum absolute atomic E-state index is 12.7. The van der Waals surface area contributed by atoms with Crippen LogP contribution in [-0.2, 0) is 15.1 Å². The van der Waals surface area contributed by atoms with Crippen molar-refractivity contribution in [3.8, 4) is 0 Å². The van der Waals surface area contributed by atoms with Gasteiger partial charge < -0.3 is 10.1 Å². The first-order valence-corrected chi connectivity index (χ1v) is 8.33. The Morgan fingerprint density at radius 3 is 2.65 bits per heavy atom. The summed E-state index contributed by atoms with van der Waals surface area (Å²) in [5.41, 5.74) is -0.668. The summed E-state index contributed by atoms with van der Waals surface area (Å²) in [7, 11) is 0. The highest BCUT2D eigenvalue weighted by atomic mass is 35.5. The van der Waals surface area contributed by atoms with Crippen molar-refractivity contribution >= 4 is 35.1 Å². The Hall–Kier alpha value is -1.30. The SMILES string of the molecule is CCCCOCCN1C(=O)NC(C)(c2ccc(Cl)cc2Cl)C1=O. The van der Waals surface area contributed by atoms with Crippen LogP contribution in [0.1, 0.15) is 32.3 Å². The van der Waals surface area contributed by atoms with E-state index in [2.05, 4.69) is 12.2 Å². The fraction of sp³-hybridized carbons (Fsp3) is 0.500. The topological polar surface area (TPSA) is 58.6 Å². The van der Waals surface area contributed by atoms with Gasteiger partial charge in [-0.2, -0.15) is 0 Å². The predicted octanol–water partition coefficient (Wildman–Crippen LogP) is 3.58. The minimum Gasteiger partial charge on any atom is -0.380 e. The maximum atomic E-state index is 12.7. The fourth-order valence-electron chi connectivity index (χ4n) is 2.48. The number of rotatable bonds is 7. The average molecular weight is 359 g/mol. The van der Waals surface area contributed by atoms with Crippen LogP contribution >= 0.6 is 23.2 Å². The van der Waals surface area contributed by atoms with Crippen molar-refractivity contribution in [3.05, 3.63) is 33.8 Å². The van der Waals surface area contributed by atoms with Crippen molar-refractivity contribution < 1.29 is 14.3 Å². The van der Waals surface area contributed by atoms with Gasteiger partial charge >= 0.3 is 6.03 Å². The molecule has 1 N–H and O–H groups in total. The molecule has 5 nitrogen and oxygen atoms in total. The van der Waals surface area contributed by atoms with Crippen LogP contribution in [0.4, 0.5) is 4.79 Å². The molecular weight excluding hydrogens is 339 g/mol. The third kappa shape index (κ3) is 3.79. The number of unbranched alkanes of at least 4 members (excludes halogenated alkanes) is 1. The molecule has 1 heterocycles. The summed E-state index contributed by atoms with van der Waals surface area (Å²) in [6.45, 7) is 4.88. The van der Waals surface area contributed by atoms with Gasteiger partial charge in [0.2, 0.25) is 0 Å². The Labute approximate surface area is 145 Å². The number of ether oxygens (including phenoxy) is 1. The molecule has 126 valence electrons. The Morgan fingerprint density at radius 2 is 2.00 bits per heavy atom. The summed E-state index contributed by atoms with van der Waals surface area (Å²) in [5, 5.41) is 3.53. The fourth-order valence-corrected chi connectivity index (χ4v) is 3.08. The summed E-state index contributed by atoms with van der Waals surface area (Å²) < 4.78 is 5.43. The Balaban J connectivity index is 2.10. The van der Waals surface area contributed by atoms with Gasteiger partial charge in [-0.1, -0.05) is 42.6 Å². The van der Waals surface area contributed by atoms with E-state index in [1.54, 1.807) is 25.1 Å². The van der Waals surface area contributed by atoms with Crippen LogP contribution in [0, 0.1) is 0 Å². The number of nitrogens with zero attached hydrogens (tertiary/aromatic N) is 1. The molecule has 1 aliphatic heterocycles. The molecule has 2 rings (SSSR count). The molecule has 3 amide bonds. The van der Waals surface area contributed by atoms with Gasteiger partial charge in [-0.15, -0.1) is 0 Å². The molecule has 0 radical (unpaired) electrons. The van der Waals surface area contributed by atoms with E-state index < -0.39 is 11.6 Å². The molecule has 1 aliphatic rings. The number of hydrogen-bond acceptors (Lipinski definition) is 3. The number of amides is 3. The van der Waals surface area contributed by atoms with Crippen molar-refractivity contribution in [2.24, 2.45) is 0 Å². The van der Waals surface area contributed by atoms with Crippen LogP contribution in [0.15, 0.2) is 18.2 Å². The summed E-state index contributed by atoms with van der Waals surface area (Å²) in [5.74, 6) is -0.342. The van der Waals surface area contributed by atoms with E-state index in [9.17, 15) is 9.59 Å². The smallest absolute Gasteiger partial charge is 0.325 e. The van der Waals surface area contributed by atoms with Crippen LogP contribution in [0.5, 0.6) is 0 Å². The highest BCUT2D eigenvalue weighted by molar-refractivity contribution is 6.35. The molecule has 1 atom stereocenters. The van der Waals surface area contributed by atoms with Crippen LogP contribution in [0.2, 0.25) is 10.0 Å². The monoisotopic (exact) mass is 358 g/mol. The largest absolute Gasteiger partial charge is 0.380 e. The zero-order valence-electron chi connectivity index (χ0n) is 13.2. The van der Waals surface area contributed by atoms with E-state index in [1.807, 2.05) is 0 Å². The second-order valence-electron chi connectivity index (χ2n) is 5.60. The Morgan fingerprint density at radius 1 is 1.26 bits per heavy atom. The maximum Gasteiger partial charge on any atom is 0.325 e. The molecule has 7 heteroatoms. The number of halogens is 2. The van der Waals surface area contributed by atoms with Gasteiger partial charge in [-0.05, 0) is 25.5 Å². The highest BCUT2D eigenvalue weighted by Crippen LogP contribution is 2.34. The third-order valence-corrected chi connectivity index (χ3v) is 4.39. The number of nitrogens with one attached hydrogen (secondary N) is 1. The molecule has 1 unspecified atom stereocenters. The number of urea groups is 1. The van der Waals surface area contributed by atoms with E-state index in [0.29, 0.717) is 28.8 Å². The number of carbonyl (C=O) groups excluding carboxylic acids is 2. The lowest BCUT2D eigenvalue weighted by Gasteiger charge is -2.23. The van der Waals surface area contributed by atoms with Gasteiger partial charge in [0.1, 0.15) is 5.54 Å². The van der Waals surface area contributed by atoms with Crippen molar-refractivity contribution in [1.29, 1.82) is 0 Å². The molecule has 0 saturated carbocycles. The highest BCUT2D eigenvalue weighted by Gasteiger charge is 2.49. The van der Waals surface area contributed by atoms with Crippen molar-refractivity contribution in [2.45, 2.75) is 32.2 Å². The molecule has 1 aromatic rings. The zero-order valence-corrected chi connectivity index (χ0v) is 14.7. The molecular formula is C16H20Cl2N2O3. The second kappa shape index (κ2) is 7.51. The molecule has 0 aliphatic carbocycles. The van der Waals surface area contributed by atoms with Gasteiger partial charge in [0.25, 0.3) is 5.91 Å². The molecule has 23 heavy (non-hydrogen) atoms. The number of imide groups is 1. The minimum atomic E-state index is -1.19. The summed E-state index contributed by atoms with van der Waals surface area (Å²) in [6, 6.07) is 4.41. The minimum absolute atomic E-state index is 0.217. The Kier molecular flexibility index (Phi) is 5.89. The van der Waals surface area contributed by atoms with E-state index >= 15 is 0 Å². The lowest BCUT2D eigenvalue weighted by molar-refractivity contribution is -0.131. The van der Waals surface area contributed by atoms with Gasteiger partial charge in [0, 0.05) is 22.2 Å². The van der Waals surface area contributed by atoms with Crippen molar-refractivity contribution in [3.63, 3.8) is 0 Å². The quantitative estimate of drug-likeness (QED) is 0.598. The predicted molar refractivity (Wildman–Crippen MR) is 89.8 cm³/mol. The normalized spacial score (nSPS) is 21.0. The standard InChI is InChI=1S/C16H20Cl2N2O3/c1-3-4-8-23-9-7-20-14(21)16(2,19-15(20)22)12-6-5-11(17)10-13(12)18/h5-6,10H,3-4,7-9H2,1-2H3,(H,19,22). The molecule has 1 aromatic carbocycles. The number of benzene rings is 1. The Bertz CT molecular complexity index is 609. The third-order valence-electron chi connectivity index (χ3n) is 3.85. The van der Waals surface area contributed by atoms with Crippen LogP contribution in [0.3, 0.4) is 0 Å². The first kappa shape index (κ1) is 18.0. The number of hydrogen-bond donors (Lipinski definition) is 1. The van der Waals surface area contributed by atoms with E-state index in [4.69, 9.17) is 27.9 Å². The van der Waals surface area contributed by atoms with Gasteiger partial charge in [-0.3, -0.25) is 9.69 Å². The molecule has 1 saturated heterocycles. The lowest BCUT2D eigenvalue weighted by Crippen LogP contribution is -2.41. The van der Waals surface area contributed by atoms with Crippen molar-refractivity contribution in [1.82, 2.24) is 10.2 Å². The molecule has 0 spiro atoms. The van der Waals surface area contributed by atoms with Gasteiger partial charge in [-0.25, -0.2) is 4.79 Å². The molecule has 1 fully saturated rings. The zero-order chi connectivity index (χ0) is 17.0. The summed E-state index contributed by atoms with van der Waals surface area (Å²) >= 11 is 12.1. The van der Waals surface area contributed by atoms with Crippen molar-refractivity contribution in [2.75, 3.05) is 19.8 Å². The lowest BCUT2D eigenvalue weighted by atomic mass is 9.92. The summed E-state index contributed by atoms with van der Waals surface area (Å²) in [4.78, 5) is 26.0. The first-order valence-electron chi connectivity index (χ1n) is 7.57. The average Bonchev–Trinajstić information content (AvgIpc) is 2.70. The van der Waals surface area contributed by atoms with Crippen LogP contribution in [-0.4, -0.2) is 36.6 Å². The molecule has 0 aromatic heterocycles. The second-order valence-corrected chi connectivity index (χ2v) is 6.45. The van der Waals surface area contributed by atoms with Crippen LogP contribution < -0.4 is 5.32 Å². The van der Waals surface area contributed by atoms with Gasteiger partial charge in [0.15, 0.2) is 0 Å².